The van der Waals surface area contributed by atoms with Crippen LogP contribution < -0.4 is 11.1 Å². The van der Waals surface area contributed by atoms with Gasteiger partial charge >= 0.3 is 0 Å². The van der Waals surface area contributed by atoms with Gasteiger partial charge in [-0.25, -0.2) is 0 Å². The highest BCUT2D eigenvalue weighted by molar-refractivity contribution is 5.81. The molecule has 4 nitrogen and oxygen atoms in total. The van der Waals surface area contributed by atoms with Gasteiger partial charge in [-0.15, -0.1) is 0 Å². The van der Waals surface area contributed by atoms with E-state index < -0.39 is 6.04 Å². The quantitative estimate of drug-likeness (QED) is 0.669. The van der Waals surface area contributed by atoms with Gasteiger partial charge in [-0.1, -0.05) is 6.07 Å². The van der Waals surface area contributed by atoms with Crippen LogP contribution in [0.5, 0.6) is 0 Å². The van der Waals surface area contributed by atoms with E-state index in [1.54, 1.807) is 13.2 Å². The maximum atomic E-state index is 11.1. The first-order valence-electron chi connectivity index (χ1n) is 4.11. The SMILES string of the molecule is CNC(=O)C(N)Cc1ccccn1. The smallest absolute Gasteiger partial charge is 0.237 e. The Kier molecular flexibility index (Phi) is 3.40. The Hall–Kier alpha value is -1.42. The van der Waals surface area contributed by atoms with E-state index in [1.165, 1.54) is 0 Å². The molecule has 70 valence electrons. The third kappa shape index (κ3) is 2.83. The summed E-state index contributed by atoms with van der Waals surface area (Å²) in [7, 11) is 1.57. The number of carbonyl (C=O) groups is 1. The maximum Gasteiger partial charge on any atom is 0.237 e. The zero-order valence-corrected chi connectivity index (χ0v) is 7.53. The molecule has 1 rings (SSSR count). The summed E-state index contributed by atoms with van der Waals surface area (Å²) in [6, 6.07) is 5.04. The molecule has 0 aliphatic rings. The van der Waals surface area contributed by atoms with Crippen LogP contribution in [0, 0.1) is 0 Å². The highest BCUT2D eigenvalue weighted by Gasteiger charge is 2.11. The molecule has 1 aromatic rings. The average molecular weight is 179 g/mol. The molecule has 13 heavy (non-hydrogen) atoms. The number of nitrogens with zero attached hydrogens (tertiary/aromatic N) is 1. The first kappa shape index (κ1) is 9.67. The number of nitrogens with two attached hydrogens (primary N) is 1. The summed E-state index contributed by atoms with van der Waals surface area (Å²) in [5.74, 6) is -0.161. The summed E-state index contributed by atoms with van der Waals surface area (Å²) in [6.07, 6.45) is 2.16. The molecule has 0 fully saturated rings. The van der Waals surface area contributed by atoms with E-state index >= 15 is 0 Å². The molecular formula is C9H13N3O. The first-order valence-corrected chi connectivity index (χ1v) is 4.11. The molecule has 1 atom stereocenters. The second kappa shape index (κ2) is 4.57. The molecule has 0 spiro atoms. The van der Waals surface area contributed by atoms with Crippen LogP contribution in [0.3, 0.4) is 0 Å². The predicted molar refractivity (Wildman–Crippen MR) is 50.0 cm³/mol. The molecule has 0 aromatic carbocycles. The van der Waals surface area contributed by atoms with E-state index in [4.69, 9.17) is 5.73 Å². The second-order valence-corrected chi connectivity index (χ2v) is 2.75. The van der Waals surface area contributed by atoms with Crippen LogP contribution in [0.1, 0.15) is 5.69 Å². The fraction of sp³-hybridized carbons (Fsp3) is 0.333. The molecule has 0 bridgehead atoms. The lowest BCUT2D eigenvalue weighted by Gasteiger charge is -2.08. The van der Waals surface area contributed by atoms with Crippen molar-refractivity contribution in [1.29, 1.82) is 0 Å². The minimum absolute atomic E-state index is 0.161. The van der Waals surface area contributed by atoms with Crippen LogP contribution in [-0.2, 0) is 11.2 Å². The van der Waals surface area contributed by atoms with E-state index in [9.17, 15) is 4.79 Å². The fourth-order valence-corrected chi connectivity index (χ4v) is 1.02. The Bertz CT molecular complexity index is 273. The number of rotatable bonds is 3. The molecule has 0 radical (unpaired) electrons. The molecule has 1 heterocycles. The van der Waals surface area contributed by atoms with Crippen LogP contribution >= 0.6 is 0 Å². The van der Waals surface area contributed by atoms with Gasteiger partial charge in [0.05, 0.1) is 6.04 Å². The fourth-order valence-electron chi connectivity index (χ4n) is 1.02. The van der Waals surface area contributed by atoms with E-state index in [-0.39, 0.29) is 5.91 Å². The highest BCUT2D eigenvalue weighted by atomic mass is 16.2. The van der Waals surface area contributed by atoms with Crippen molar-refractivity contribution >= 4 is 5.91 Å². The van der Waals surface area contributed by atoms with Gasteiger partial charge < -0.3 is 11.1 Å². The number of hydrogen-bond donors (Lipinski definition) is 2. The highest BCUT2D eigenvalue weighted by Crippen LogP contribution is 1.97. The second-order valence-electron chi connectivity index (χ2n) is 2.75. The van der Waals surface area contributed by atoms with Crippen LogP contribution in [0.15, 0.2) is 24.4 Å². The monoisotopic (exact) mass is 179 g/mol. The van der Waals surface area contributed by atoms with Crippen LogP contribution in [0.25, 0.3) is 0 Å². The summed E-state index contributed by atoms with van der Waals surface area (Å²) in [5.41, 5.74) is 6.44. The van der Waals surface area contributed by atoms with E-state index in [1.807, 2.05) is 18.2 Å². The van der Waals surface area contributed by atoms with Crippen molar-refractivity contribution in [3.63, 3.8) is 0 Å². The molecule has 1 aromatic heterocycles. The third-order valence-electron chi connectivity index (χ3n) is 1.74. The lowest BCUT2D eigenvalue weighted by atomic mass is 10.1. The molecule has 4 heteroatoms. The number of likely N-dealkylation sites (N-methyl/N-ethyl adjacent to an activating group) is 1. The Morgan fingerprint density at radius 2 is 2.46 bits per heavy atom. The number of nitrogens with one attached hydrogen (secondary N) is 1. The number of pyridine rings is 1. The van der Waals surface area contributed by atoms with Gasteiger partial charge in [0, 0.05) is 25.4 Å². The Labute approximate surface area is 77.2 Å². The Balaban J connectivity index is 2.55. The van der Waals surface area contributed by atoms with Crippen molar-refractivity contribution in [1.82, 2.24) is 10.3 Å². The molecular weight excluding hydrogens is 166 g/mol. The molecule has 0 aliphatic heterocycles. The first-order chi connectivity index (χ1) is 6.24. The lowest BCUT2D eigenvalue weighted by molar-refractivity contribution is -0.121. The van der Waals surface area contributed by atoms with Crippen molar-refractivity contribution in [3.05, 3.63) is 30.1 Å². The predicted octanol–water partition coefficient (Wildman–Crippen LogP) is -0.303. The maximum absolute atomic E-state index is 11.1. The van der Waals surface area contributed by atoms with E-state index in [0.29, 0.717) is 6.42 Å². The van der Waals surface area contributed by atoms with E-state index in [0.717, 1.165) is 5.69 Å². The zero-order chi connectivity index (χ0) is 9.68. The van der Waals surface area contributed by atoms with Crippen molar-refractivity contribution in [2.45, 2.75) is 12.5 Å². The van der Waals surface area contributed by atoms with E-state index in [2.05, 4.69) is 10.3 Å². The van der Waals surface area contributed by atoms with Crippen LogP contribution in [0.2, 0.25) is 0 Å². The van der Waals surface area contributed by atoms with Crippen molar-refractivity contribution in [2.75, 3.05) is 7.05 Å². The van der Waals surface area contributed by atoms with Gasteiger partial charge in [-0.3, -0.25) is 9.78 Å². The largest absolute Gasteiger partial charge is 0.358 e. The zero-order valence-electron chi connectivity index (χ0n) is 7.53. The minimum atomic E-state index is -0.514. The summed E-state index contributed by atoms with van der Waals surface area (Å²) in [4.78, 5) is 15.1. The van der Waals surface area contributed by atoms with Crippen LogP contribution in [-0.4, -0.2) is 24.0 Å². The minimum Gasteiger partial charge on any atom is -0.358 e. The van der Waals surface area contributed by atoms with Crippen molar-refractivity contribution in [3.8, 4) is 0 Å². The number of aromatic nitrogens is 1. The number of carbonyl (C=O) groups excluding carboxylic acids is 1. The summed E-state index contributed by atoms with van der Waals surface area (Å²) in [6.45, 7) is 0. The summed E-state index contributed by atoms with van der Waals surface area (Å²) < 4.78 is 0. The van der Waals surface area contributed by atoms with Gasteiger partial charge in [0.15, 0.2) is 0 Å². The van der Waals surface area contributed by atoms with Crippen molar-refractivity contribution in [2.24, 2.45) is 5.73 Å². The third-order valence-corrected chi connectivity index (χ3v) is 1.74. The Morgan fingerprint density at radius 1 is 1.69 bits per heavy atom. The standard InChI is InChI=1S/C9H13N3O/c1-11-9(13)8(10)6-7-4-2-3-5-12-7/h2-5,8H,6,10H2,1H3,(H,11,13). The average Bonchev–Trinajstić information content (AvgIpc) is 2.18. The molecule has 3 N–H and O–H groups in total. The van der Waals surface area contributed by atoms with Crippen molar-refractivity contribution < 1.29 is 4.79 Å². The molecule has 1 amide bonds. The van der Waals surface area contributed by atoms with Gasteiger partial charge in [0.1, 0.15) is 0 Å². The molecule has 0 aliphatic carbocycles. The number of hydrogen-bond acceptors (Lipinski definition) is 3. The molecule has 1 unspecified atom stereocenters. The Morgan fingerprint density at radius 3 is 3.00 bits per heavy atom. The van der Waals surface area contributed by atoms with Gasteiger partial charge in [0.2, 0.25) is 5.91 Å². The van der Waals surface area contributed by atoms with Gasteiger partial charge in [0.25, 0.3) is 0 Å². The normalized spacial score (nSPS) is 12.2. The number of amides is 1. The lowest BCUT2D eigenvalue weighted by Crippen LogP contribution is -2.40. The van der Waals surface area contributed by atoms with Crippen LogP contribution in [0.4, 0.5) is 0 Å². The van der Waals surface area contributed by atoms with Gasteiger partial charge in [-0.2, -0.15) is 0 Å². The molecule has 0 saturated carbocycles. The van der Waals surface area contributed by atoms with Gasteiger partial charge in [-0.05, 0) is 12.1 Å². The summed E-state index contributed by atoms with van der Waals surface area (Å²) in [5, 5.41) is 2.49. The molecule has 0 saturated heterocycles. The topological polar surface area (TPSA) is 68.0 Å². The summed E-state index contributed by atoms with van der Waals surface area (Å²) >= 11 is 0.